The largest absolute Gasteiger partial charge is 0.388 e. The van der Waals surface area contributed by atoms with E-state index in [1.165, 1.54) is 4.90 Å². The highest BCUT2D eigenvalue weighted by atomic mass is 32.2. The third-order valence-corrected chi connectivity index (χ3v) is 4.67. The lowest BCUT2D eigenvalue weighted by molar-refractivity contribution is -0.138. The second-order valence-corrected chi connectivity index (χ2v) is 7.65. The van der Waals surface area contributed by atoms with Gasteiger partial charge in [-0.1, -0.05) is 0 Å². The zero-order valence-corrected chi connectivity index (χ0v) is 12.8. The molecule has 0 aromatic rings. The van der Waals surface area contributed by atoms with Crippen molar-refractivity contribution in [2.45, 2.75) is 24.5 Å². The Hall–Kier alpha value is -0.740. The number of nitrogens with one attached hydrogen (secondary N) is 1. The summed E-state index contributed by atoms with van der Waals surface area (Å²) in [6.45, 7) is 0.689. The van der Waals surface area contributed by atoms with Crippen molar-refractivity contribution in [1.29, 1.82) is 0 Å². The maximum absolute atomic E-state index is 12.3. The number of carbonyl (C=O) groups is 1. The van der Waals surface area contributed by atoms with Gasteiger partial charge in [0.25, 0.3) is 0 Å². The summed E-state index contributed by atoms with van der Waals surface area (Å²) in [6, 6.07) is 0. The van der Waals surface area contributed by atoms with Crippen LogP contribution in [-0.2, 0) is 19.6 Å². The van der Waals surface area contributed by atoms with Crippen LogP contribution in [0.4, 0.5) is 0 Å². The van der Waals surface area contributed by atoms with Gasteiger partial charge in [-0.25, -0.2) is 13.1 Å². The molecule has 8 nitrogen and oxygen atoms in total. The molecule has 2 fully saturated rings. The third kappa shape index (κ3) is 4.13. The molecule has 1 amide bonds. The van der Waals surface area contributed by atoms with Crippen molar-refractivity contribution in [1.82, 2.24) is 9.62 Å². The van der Waals surface area contributed by atoms with Crippen molar-refractivity contribution in [3.8, 4) is 0 Å². The lowest BCUT2D eigenvalue weighted by Gasteiger charge is -2.28. The van der Waals surface area contributed by atoms with Crippen LogP contribution in [0.25, 0.3) is 0 Å². The minimum Gasteiger partial charge on any atom is -0.388 e. The summed E-state index contributed by atoms with van der Waals surface area (Å²) in [5, 5.41) is 20.3. The molecule has 2 atom stereocenters. The number of hydrogen-bond acceptors (Lipinski definition) is 6. The van der Waals surface area contributed by atoms with Crippen LogP contribution in [0.5, 0.6) is 0 Å². The van der Waals surface area contributed by atoms with Crippen LogP contribution in [0.2, 0.25) is 0 Å². The second kappa shape index (κ2) is 6.17. The normalized spacial score (nSPS) is 31.6. The summed E-state index contributed by atoms with van der Waals surface area (Å²) in [5.41, 5.74) is -1.65. The third-order valence-electron chi connectivity index (χ3n) is 4.00. The molecule has 0 spiro atoms. The van der Waals surface area contributed by atoms with Crippen molar-refractivity contribution >= 4 is 15.9 Å². The molecule has 2 aliphatic rings. The Bertz CT molecular complexity index is 490. The predicted molar refractivity (Wildman–Crippen MR) is 73.9 cm³/mol. The van der Waals surface area contributed by atoms with Gasteiger partial charge in [0.2, 0.25) is 15.9 Å². The lowest BCUT2D eigenvalue weighted by Crippen LogP contribution is -2.51. The molecule has 0 aromatic heterocycles. The molecule has 0 unspecified atom stereocenters. The fourth-order valence-electron chi connectivity index (χ4n) is 2.68. The molecular weight excluding hydrogens is 300 g/mol. The number of ether oxygens (including phenoxy) is 1. The molecule has 122 valence electrons. The van der Waals surface area contributed by atoms with Gasteiger partial charge < -0.3 is 19.8 Å². The van der Waals surface area contributed by atoms with Gasteiger partial charge in [-0.3, -0.25) is 4.79 Å². The zero-order chi connectivity index (χ0) is 15.7. The Balaban J connectivity index is 1.97. The van der Waals surface area contributed by atoms with Crippen LogP contribution < -0.4 is 4.72 Å². The number of nitrogens with zero attached hydrogens (tertiary/aromatic N) is 1. The summed E-state index contributed by atoms with van der Waals surface area (Å²) in [5.74, 6) is -0.274. The molecule has 2 rings (SSSR count). The first-order valence-corrected chi connectivity index (χ1v) is 8.82. The minimum absolute atomic E-state index is 0.0120. The zero-order valence-electron chi connectivity index (χ0n) is 12.0. The fraction of sp³-hybridized carbons (Fsp3) is 0.917. The first-order chi connectivity index (χ1) is 9.71. The summed E-state index contributed by atoms with van der Waals surface area (Å²) < 4.78 is 29.6. The number of hydrogen-bond donors (Lipinski definition) is 3. The van der Waals surface area contributed by atoms with Crippen molar-refractivity contribution in [3.05, 3.63) is 0 Å². The molecule has 2 saturated heterocycles. The van der Waals surface area contributed by atoms with Crippen molar-refractivity contribution in [2.24, 2.45) is 5.92 Å². The monoisotopic (exact) mass is 322 g/mol. The molecule has 2 aliphatic heterocycles. The van der Waals surface area contributed by atoms with Gasteiger partial charge in [0.05, 0.1) is 12.8 Å². The summed E-state index contributed by atoms with van der Waals surface area (Å²) in [6.07, 6.45) is 1.06. The van der Waals surface area contributed by atoms with E-state index in [4.69, 9.17) is 4.74 Å². The lowest BCUT2D eigenvalue weighted by atomic mass is 9.98. The minimum atomic E-state index is -3.47. The van der Waals surface area contributed by atoms with Gasteiger partial charge >= 0.3 is 0 Å². The second-order valence-electron chi connectivity index (χ2n) is 5.82. The van der Waals surface area contributed by atoms with Crippen LogP contribution >= 0.6 is 0 Å². The number of aliphatic hydroxyl groups excluding tert-OH is 1. The van der Waals surface area contributed by atoms with Crippen LogP contribution in [0, 0.1) is 5.92 Å². The molecule has 0 saturated carbocycles. The van der Waals surface area contributed by atoms with Crippen LogP contribution in [0.15, 0.2) is 0 Å². The number of likely N-dealkylation sites (tertiary alicyclic amines) is 1. The average molecular weight is 322 g/mol. The van der Waals surface area contributed by atoms with Crippen molar-refractivity contribution in [3.63, 3.8) is 0 Å². The number of rotatable bonds is 4. The Morgan fingerprint density at radius 1 is 1.43 bits per heavy atom. The van der Waals surface area contributed by atoms with Gasteiger partial charge in [0.15, 0.2) is 0 Å². The fourth-order valence-corrected chi connectivity index (χ4v) is 3.19. The maximum atomic E-state index is 12.3. The highest BCUT2D eigenvalue weighted by Crippen LogP contribution is 2.26. The van der Waals surface area contributed by atoms with E-state index in [2.05, 4.69) is 4.72 Å². The highest BCUT2D eigenvalue weighted by Gasteiger charge is 2.47. The Morgan fingerprint density at radius 2 is 2.05 bits per heavy atom. The predicted octanol–water partition coefficient (Wildman–Crippen LogP) is -2.10. The van der Waals surface area contributed by atoms with Crippen LogP contribution in [0.1, 0.15) is 12.8 Å². The number of sulfonamides is 1. The van der Waals surface area contributed by atoms with Gasteiger partial charge in [-0.05, 0) is 12.8 Å². The molecular formula is C12H22N2O6S. The van der Waals surface area contributed by atoms with Crippen LogP contribution in [-0.4, -0.2) is 80.2 Å². The Kier molecular flexibility index (Phi) is 4.89. The van der Waals surface area contributed by atoms with Gasteiger partial charge in [0, 0.05) is 32.2 Å². The van der Waals surface area contributed by atoms with E-state index in [1.807, 2.05) is 0 Å². The van der Waals surface area contributed by atoms with Crippen LogP contribution in [0.3, 0.4) is 0 Å². The highest BCUT2D eigenvalue weighted by molar-refractivity contribution is 7.88. The van der Waals surface area contributed by atoms with E-state index in [0.717, 1.165) is 6.26 Å². The molecule has 9 heteroatoms. The number of amides is 1. The van der Waals surface area contributed by atoms with Gasteiger partial charge in [-0.2, -0.15) is 0 Å². The molecule has 21 heavy (non-hydrogen) atoms. The first-order valence-electron chi connectivity index (χ1n) is 6.93. The van der Waals surface area contributed by atoms with E-state index in [1.54, 1.807) is 0 Å². The number of carbonyl (C=O) groups excluding carboxylic acids is 1. The SMILES string of the molecule is CS(=O)(=O)NC[C@]1(O)CN(C(=O)C2CCOCC2)C[C@H]1O. The summed E-state index contributed by atoms with van der Waals surface area (Å²) >= 11 is 0. The van der Waals surface area contributed by atoms with Crippen molar-refractivity contribution < 1.29 is 28.2 Å². The Labute approximate surface area is 124 Å². The molecule has 0 radical (unpaired) electrons. The van der Waals surface area contributed by atoms with E-state index < -0.39 is 21.7 Å². The molecule has 3 N–H and O–H groups in total. The first kappa shape index (κ1) is 16.6. The smallest absolute Gasteiger partial charge is 0.226 e. The van der Waals surface area contributed by atoms with E-state index in [0.29, 0.717) is 26.1 Å². The molecule has 0 aliphatic carbocycles. The van der Waals surface area contributed by atoms with E-state index in [9.17, 15) is 23.4 Å². The Morgan fingerprint density at radius 3 is 2.62 bits per heavy atom. The van der Waals surface area contributed by atoms with E-state index in [-0.39, 0.29) is 31.5 Å². The van der Waals surface area contributed by atoms with E-state index >= 15 is 0 Å². The average Bonchev–Trinajstić information content (AvgIpc) is 2.73. The summed E-state index contributed by atoms with van der Waals surface area (Å²) in [4.78, 5) is 13.8. The quantitative estimate of drug-likeness (QED) is 0.546. The molecule has 0 aromatic carbocycles. The van der Waals surface area contributed by atoms with Gasteiger partial charge in [0.1, 0.15) is 11.7 Å². The molecule has 2 heterocycles. The standard InChI is InChI=1S/C12H22N2O6S/c1-21(18,19)13-7-12(17)8-14(6-10(12)15)11(16)9-2-4-20-5-3-9/h9-10,13,15,17H,2-8H2,1H3/t10-,12+/m1/s1. The summed E-state index contributed by atoms with van der Waals surface area (Å²) in [7, 11) is -3.47. The number of β-amino-alcohol motifs (C(OH)–C–C–N with tert-alkyl or cyclic N) is 2. The maximum Gasteiger partial charge on any atom is 0.226 e. The topological polar surface area (TPSA) is 116 Å². The molecule has 0 bridgehead atoms. The number of aliphatic hydroxyl groups is 2. The van der Waals surface area contributed by atoms with Gasteiger partial charge in [-0.15, -0.1) is 0 Å². The van der Waals surface area contributed by atoms with Crippen molar-refractivity contribution in [2.75, 3.05) is 39.1 Å².